The van der Waals surface area contributed by atoms with Crippen molar-refractivity contribution in [1.29, 1.82) is 5.41 Å². The summed E-state index contributed by atoms with van der Waals surface area (Å²) in [4.78, 5) is 24.8. The van der Waals surface area contributed by atoms with E-state index in [1.807, 2.05) is 18.2 Å². The maximum Gasteiger partial charge on any atom is 0.251 e. The van der Waals surface area contributed by atoms with Gasteiger partial charge in [0.2, 0.25) is 5.91 Å². The molecule has 1 aromatic rings. The molecule has 1 aliphatic heterocycles. The average Bonchev–Trinajstić information content (AvgIpc) is 2.34. The summed E-state index contributed by atoms with van der Waals surface area (Å²) in [5, 5.41) is 10.4. The minimum Gasteiger partial charge on any atom is -0.333 e. The lowest BCUT2D eigenvalue weighted by molar-refractivity contribution is -0.141. The molecule has 5 nitrogen and oxygen atoms in total. The molecule has 0 atom stereocenters. The normalized spacial score (nSPS) is 18.4. The molecule has 94 valence electrons. The number of benzene rings is 1. The molecular weight excluding hydrogens is 230 g/mol. The number of hydrogen-bond acceptors (Lipinski definition) is 3. The van der Waals surface area contributed by atoms with Crippen LogP contribution >= 0.6 is 0 Å². The lowest BCUT2D eigenvalue weighted by atomic mass is 9.97. The van der Waals surface area contributed by atoms with Crippen molar-refractivity contribution in [3.05, 3.63) is 35.9 Å². The van der Waals surface area contributed by atoms with E-state index in [9.17, 15) is 9.59 Å². The molecule has 0 spiro atoms. The molecule has 0 aromatic heterocycles. The molecule has 2 N–H and O–H groups in total. The number of amidine groups is 1. The predicted octanol–water partition coefficient (Wildman–Crippen LogP) is 0.749. The molecule has 1 aromatic carbocycles. The predicted molar refractivity (Wildman–Crippen MR) is 67.2 cm³/mol. The van der Waals surface area contributed by atoms with E-state index in [1.54, 1.807) is 26.0 Å². The molecule has 1 aliphatic rings. The molecule has 0 bridgehead atoms. The first-order valence-electron chi connectivity index (χ1n) is 5.69. The Morgan fingerprint density at radius 1 is 1.28 bits per heavy atom. The van der Waals surface area contributed by atoms with Crippen molar-refractivity contribution in [2.24, 2.45) is 0 Å². The summed E-state index contributed by atoms with van der Waals surface area (Å²) < 4.78 is 0. The number of nitrogens with zero attached hydrogens (tertiary/aromatic N) is 1. The van der Waals surface area contributed by atoms with Crippen LogP contribution in [-0.2, 0) is 9.59 Å². The van der Waals surface area contributed by atoms with Crippen molar-refractivity contribution >= 4 is 17.6 Å². The minimum atomic E-state index is -0.902. The molecule has 1 saturated heterocycles. The summed E-state index contributed by atoms with van der Waals surface area (Å²) in [6.45, 7) is 3.42. The zero-order valence-corrected chi connectivity index (χ0v) is 10.4. The van der Waals surface area contributed by atoms with E-state index in [0.29, 0.717) is 5.56 Å². The Kier molecular flexibility index (Phi) is 2.90. The lowest BCUT2D eigenvalue weighted by Crippen LogP contribution is -2.65. The van der Waals surface area contributed by atoms with E-state index in [0.717, 1.165) is 0 Å². The fourth-order valence-electron chi connectivity index (χ4n) is 1.89. The molecule has 5 heteroatoms. The molecule has 2 rings (SSSR count). The summed E-state index contributed by atoms with van der Waals surface area (Å²) in [6, 6.07) is 9.08. The van der Waals surface area contributed by atoms with Crippen molar-refractivity contribution in [3.8, 4) is 0 Å². The zero-order valence-electron chi connectivity index (χ0n) is 10.4. The third kappa shape index (κ3) is 1.99. The number of imide groups is 1. The minimum absolute atomic E-state index is 0.0203. The second-order valence-electron chi connectivity index (χ2n) is 4.74. The third-order valence-corrected chi connectivity index (χ3v) is 3.10. The van der Waals surface area contributed by atoms with E-state index in [1.165, 1.54) is 4.90 Å². The van der Waals surface area contributed by atoms with Crippen LogP contribution in [0.4, 0.5) is 0 Å². The highest BCUT2D eigenvalue weighted by atomic mass is 16.2. The summed E-state index contributed by atoms with van der Waals surface area (Å²) >= 11 is 0. The van der Waals surface area contributed by atoms with E-state index in [-0.39, 0.29) is 24.2 Å². The van der Waals surface area contributed by atoms with Crippen LogP contribution in [0.15, 0.2) is 30.3 Å². The van der Waals surface area contributed by atoms with Crippen LogP contribution in [0.1, 0.15) is 19.4 Å². The van der Waals surface area contributed by atoms with E-state index in [4.69, 9.17) is 5.41 Å². The van der Waals surface area contributed by atoms with Gasteiger partial charge >= 0.3 is 0 Å². The van der Waals surface area contributed by atoms with Gasteiger partial charge in [-0.15, -0.1) is 0 Å². The van der Waals surface area contributed by atoms with Crippen LogP contribution in [0.2, 0.25) is 0 Å². The smallest absolute Gasteiger partial charge is 0.251 e. The Morgan fingerprint density at radius 2 is 1.89 bits per heavy atom. The number of nitrogens with one attached hydrogen (secondary N) is 2. The van der Waals surface area contributed by atoms with Gasteiger partial charge in [0, 0.05) is 5.56 Å². The molecule has 0 radical (unpaired) electrons. The molecular formula is C13H15N3O2. The van der Waals surface area contributed by atoms with Gasteiger partial charge in [0.25, 0.3) is 5.91 Å². The Balaban J connectivity index is 2.34. The summed E-state index contributed by atoms with van der Waals surface area (Å²) in [5.74, 6) is -0.566. The third-order valence-electron chi connectivity index (χ3n) is 3.10. The van der Waals surface area contributed by atoms with Crippen molar-refractivity contribution in [2.45, 2.75) is 19.4 Å². The molecule has 1 fully saturated rings. The van der Waals surface area contributed by atoms with Gasteiger partial charge in [-0.2, -0.15) is 0 Å². The summed E-state index contributed by atoms with van der Waals surface area (Å²) in [6.07, 6.45) is 0. The number of hydrogen-bond donors (Lipinski definition) is 2. The van der Waals surface area contributed by atoms with Gasteiger partial charge < -0.3 is 4.90 Å². The molecule has 0 unspecified atom stereocenters. The topological polar surface area (TPSA) is 73.3 Å². The van der Waals surface area contributed by atoms with Crippen molar-refractivity contribution in [1.82, 2.24) is 10.2 Å². The number of carbonyl (C=O) groups is 2. The summed E-state index contributed by atoms with van der Waals surface area (Å²) in [5.41, 5.74) is -0.214. The second kappa shape index (κ2) is 4.25. The molecule has 0 saturated carbocycles. The number of amides is 2. The van der Waals surface area contributed by atoms with Crippen LogP contribution in [0.5, 0.6) is 0 Å². The fraction of sp³-hybridized carbons (Fsp3) is 0.308. The van der Waals surface area contributed by atoms with Gasteiger partial charge in [-0.05, 0) is 13.8 Å². The summed E-state index contributed by atoms with van der Waals surface area (Å²) in [7, 11) is 0. The van der Waals surface area contributed by atoms with Crippen LogP contribution in [0.3, 0.4) is 0 Å². The van der Waals surface area contributed by atoms with Gasteiger partial charge in [-0.25, -0.2) is 0 Å². The highest BCUT2D eigenvalue weighted by molar-refractivity contribution is 6.09. The molecule has 1 heterocycles. The van der Waals surface area contributed by atoms with Crippen molar-refractivity contribution < 1.29 is 9.59 Å². The highest BCUT2D eigenvalue weighted by Gasteiger charge is 2.42. The molecule has 2 amide bonds. The fourth-order valence-corrected chi connectivity index (χ4v) is 1.89. The Labute approximate surface area is 105 Å². The quantitative estimate of drug-likeness (QED) is 0.435. The van der Waals surface area contributed by atoms with Gasteiger partial charge in [-0.1, -0.05) is 30.3 Å². The Bertz CT molecular complexity index is 508. The van der Waals surface area contributed by atoms with Gasteiger partial charge in [0.15, 0.2) is 0 Å². The first kappa shape index (κ1) is 12.3. The lowest BCUT2D eigenvalue weighted by Gasteiger charge is -2.41. The first-order chi connectivity index (χ1) is 8.43. The largest absolute Gasteiger partial charge is 0.333 e. The molecule has 0 aliphatic carbocycles. The first-order valence-corrected chi connectivity index (χ1v) is 5.69. The molecule has 18 heavy (non-hydrogen) atoms. The van der Waals surface area contributed by atoms with E-state index < -0.39 is 5.54 Å². The Morgan fingerprint density at radius 3 is 2.50 bits per heavy atom. The second-order valence-corrected chi connectivity index (χ2v) is 4.74. The number of carbonyl (C=O) groups excluding carboxylic acids is 2. The number of rotatable bonds is 1. The van der Waals surface area contributed by atoms with Crippen LogP contribution in [-0.4, -0.2) is 34.6 Å². The Hall–Kier alpha value is -2.17. The van der Waals surface area contributed by atoms with Gasteiger partial charge in [0.05, 0.1) is 6.54 Å². The van der Waals surface area contributed by atoms with Crippen LogP contribution in [0.25, 0.3) is 0 Å². The average molecular weight is 245 g/mol. The van der Waals surface area contributed by atoms with Crippen LogP contribution in [0, 0.1) is 5.41 Å². The maximum absolute atomic E-state index is 11.8. The van der Waals surface area contributed by atoms with Crippen LogP contribution < -0.4 is 5.32 Å². The standard InChI is InChI=1S/C13H15N3O2/c1-13(2)12(18)15-10(17)8-16(13)11(14)9-6-4-3-5-7-9/h3-7,14H,8H2,1-2H3,(H,15,17,18). The monoisotopic (exact) mass is 245 g/mol. The van der Waals surface area contributed by atoms with E-state index >= 15 is 0 Å². The van der Waals surface area contributed by atoms with Gasteiger partial charge in [-0.3, -0.25) is 20.3 Å². The van der Waals surface area contributed by atoms with E-state index in [2.05, 4.69) is 5.32 Å². The van der Waals surface area contributed by atoms with Gasteiger partial charge in [0.1, 0.15) is 11.4 Å². The van der Waals surface area contributed by atoms with Crippen molar-refractivity contribution in [3.63, 3.8) is 0 Å². The zero-order chi connectivity index (χ0) is 13.3. The van der Waals surface area contributed by atoms with Crippen molar-refractivity contribution in [2.75, 3.05) is 6.54 Å². The number of piperazine rings is 1. The maximum atomic E-state index is 11.8. The SMILES string of the molecule is CC1(C)C(=O)NC(=O)CN1C(=N)c1ccccc1. The highest BCUT2D eigenvalue weighted by Crippen LogP contribution is 2.20.